The Labute approximate surface area is 315 Å². The van der Waals surface area contributed by atoms with E-state index in [4.69, 9.17) is 91.6 Å². The summed E-state index contributed by atoms with van der Waals surface area (Å²) < 4.78 is 71.6. The predicted octanol–water partition coefficient (Wildman–Crippen LogP) is 1.97. The number of ether oxygens (including phenoxy) is 12. The molecule has 0 spiro atoms. The molecule has 296 valence electrons. The van der Waals surface area contributed by atoms with Crippen molar-refractivity contribution < 1.29 is 76.0 Å². The minimum Gasteiger partial charge on any atom is -0.463 e. The van der Waals surface area contributed by atoms with Crippen LogP contribution in [0.3, 0.4) is 0 Å². The van der Waals surface area contributed by atoms with E-state index in [1.165, 1.54) is 21.3 Å². The highest BCUT2D eigenvalue weighted by molar-refractivity contribution is 6.76. The van der Waals surface area contributed by atoms with Crippen molar-refractivity contribution in [3.05, 3.63) is 0 Å². The van der Waals surface area contributed by atoms with E-state index < -0.39 is 119 Å². The molecule has 3 aliphatic heterocycles. The zero-order valence-electron chi connectivity index (χ0n) is 30.1. The Hall–Kier alpha value is -1.61. The summed E-state index contributed by atoms with van der Waals surface area (Å²) >= 11 is 17.9. The number of esters is 3. The van der Waals surface area contributed by atoms with Crippen LogP contribution in [0.4, 0.5) is 0 Å². The first kappa shape index (κ1) is 41.6. The third-order valence-corrected chi connectivity index (χ3v) is 10.3. The molecule has 1 amide bonds. The van der Waals surface area contributed by atoms with Crippen molar-refractivity contribution in [1.82, 2.24) is 5.32 Å². The van der Waals surface area contributed by atoms with E-state index in [9.17, 15) is 19.2 Å². The first-order valence-electron chi connectivity index (χ1n) is 16.8. The molecule has 5 rings (SSSR count). The maximum atomic E-state index is 13.2. The summed E-state index contributed by atoms with van der Waals surface area (Å²) in [5, 5.41) is 2.52. The van der Waals surface area contributed by atoms with Gasteiger partial charge in [0.25, 0.3) is 9.70 Å². The minimum absolute atomic E-state index is 0.396. The van der Waals surface area contributed by atoms with Crippen molar-refractivity contribution in [2.75, 3.05) is 27.9 Å². The average molecular weight is 807 g/mol. The third kappa shape index (κ3) is 8.16. The Balaban J connectivity index is 1.62. The van der Waals surface area contributed by atoms with Gasteiger partial charge in [0, 0.05) is 54.9 Å². The summed E-state index contributed by atoms with van der Waals surface area (Å²) in [7, 11) is 4.50. The van der Waals surface area contributed by atoms with Crippen molar-refractivity contribution in [2.24, 2.45) is 0 Å². The molecule has 3 heterocycles. The van der Waals surface area contributed by atoms with Crippen molar-refractivity contribution in [1.29, 1.82) is 0 Å². The topological polar surface area (TPSA) is 191 Å². The minimum atomic E-state index is -2.51. The van der Waals surface area contributed by atoms with Gasteiger partial charge in [0.15, 0.2) is 24.3 Å². The van der Waals surface area contributed by atoms with Gasteiger partial charge in [-0.25, -0.2) is 0 Å². The first-order chi connectivity index (χ1) is 24.3. The van der Waals surface area contributed by atoms with Crippen LogP contribution >= 0.6 is 34.8 Å². The summed E-state index contributed by atoms with van der Waals surface area (Å²) in [6.07, 6.45) is -9.22. The van der Waals surface area contributed by atoms with Crippen molar-refractivity contribution in [3.8, 4) is 0 Å². The summed E-state index contributed by atoms with van der Waals surface area (Å²) in [6.45, 7) is 6.31. The van der Waals surface area contributed by atoms with Crippen LogP contribution < -0.4 is 5.32 Å². The molecule has 5 aliphatic rings. The molecule has 20 heteroatoms. The van der Waals surface area contributed by atoms with E-state index in [1.54, 1.807) is 13.8 Å². The highest BCUT2D eigenvalue weighted by atomic mass is 35.6. The lowest BCUT2D eigenvalue weighted by atomic mass is 9.79. The summed E-state index contributed by atoms with van der Waals surface area (Å²) in [6, 6.07) is -1.52. The van der Waals surface area contributed by atoms with E-state index in [-0.39, 0.29) is 0 Å². The SMILES string of the molecule is CO[C@@H]1[C@H]2OC(C)(C)O[C@H]2[C@H](O[C@@H]2O[C@H](COC(C)=O)[C@H](OC(C)=O)[C@H](OC(C)=O)[C@H]2NC(=O)C(Cl)(Cl)Cl)[C@@H]2O[C@]3(OC)CCCC[C@@]3(OC)O[C@@H]12. The zero-order chi connectivity index (χ0) is 38.4. The van der Waals surface area contributed by atoms with Gasteiger partial charge in [-0.2, -0.15) is 0 Å². The fraction of sp³-hybridized carbons (Fsp3) is 0.875. The lowest BCUT2D eigenvalue weighted by Crippen LogP contribution is -2.77. The smallest absolute Gasteiger partial charge is 0.303 e. The van der Waals surface area contributed by atoms with Gasteiger partial charge < -0.3 is 62.2 Å². The van der Waals surface area contributed by atoms with Gasteiger partial charge in [0.1, 0.15) is 55.4 Å². The molecule has 0 aromatic carbocycles. The van der Waals surface area contributed by atoms with Crippen molar-refractivity contribution in [2.45, 2.75) is 149 Å². The number of nitrogens with one attached hydrogen (secondary N) is 1. The van der Waals surface area contributed by atoms with E-state index >= 15 is 0 Å². The molecule has 0 radical (unpaired) electrons. The van der Waals surface area contributed by atoms with Crippen LogP contribution in [0.2, 0.25) is 0 Å². The molecule has 5 fully saturated rings. The lowest BCUT2D eigenvalue weighted by molar-refractivity contribution is -0.491. The molecule has 0 aromatic rings. The van der Waals surface area contributed by atoms with Crippen LogP contribution in [-0.4, -0.2) is 140 Å². The number of alkyl halides is 3. The number of carbonyl (C=O) groups is 4. The highest BCUT2D eigenvalue weighted by Crippen LogP contribution is 2.54. The summed E-state index contributed by atoms with van der Waals surface area (Å²) in [4.78, 5) is 50.0. The molecule has 1 N–H and O–H groups in total. The lowest BCUT2D eigenvalue weighted by Gasteiger charge is -2.61. The Kier molecular flexibility index (Phi) is 12.7. The second-order valence-electron chi connectivity index (χ2n) is 13.6. The number of amides is 1. The molecular formula is C32H46Cl3NO16. The van der Waals surface area contributed by atoms with E-state index in [0.717, 1.165) is 33.6 Å². The molecule has 3 saturated heterocycles. The molecular weight excluding hydrogens is 761 g/mol. The molecule has 0 aromatic heterocycles. The largest absolute Gasteiger partial charge is 0.463 e. The molecule has 17 nitrogen and oxygen atoms in total. The second kappa shape index (κ2) is 15.9. The van der Waals surface area contributed by atoms with Gasteiger partial charge in [0.05, 0.1) is 0 Å². The van der Waals surface area contributed by atoms with Gasteiger partial charge in [-0.1, -0.05) is 34.8 Å². The zero-order valence-corrected chi connectivity index (χ0v) is 32.3. The second-order valence-corrected chi connectivity index (χ2v) is 15.9. The third-order valence-electron chi connectivity index (χ3n) is 9.76. The normalized spacial score (nSPS) is 41.1. The number of hydrogen-bond acceptors (Lipinski definition) is 16. The van der Waals surface area contributed by atoms with Gasteiger partial charge in [-0.3, -0.25) is 19.2 Å². The quantitative estimate of drug-likeness (QED) is 0.191. The summed E-state index contributed by atoms with van der Waals surface area (Å²) in [5.74, 6) is -7.37. The predicted molar refractivity (Wildman–Crippen MR) is 176 cm³/mol. The number of rotatable bonds is 10. The van der Waals surface area contributed by atoms with Crippen LogP contribution in [0.25, 0.3) is 0 Å². The first-order valence-corrected chi connectivity index (χ1v) is 17.9. The fourth-order valence-electron chi connectivity index (χ4n) is 7.77. The number of carbonyl (C=O) groups excluding carboxylic acids is 4. The standard InChI is InChI=1S/C32H46Cl3NO16/c1-14(37)44-13-17-19(45-15(2)38)20(46-16(3)39)18(36-28(40)32(33,34)35)27(47-17)48-22-25-23(49-29(4,5)50-25)21(41-6)24-26(22)52-31(43-8)12-10-9-11-30(31,42-7)51-24/h17-27H,9-13H2,1-8H3,(H,36,40)/t17-,18-,19+,20-,21-,22+,23-,24+,25+,26+,27+,30-,31-/m1/s1. The van der Waals surface area contributed by atoms with Gasteiger partial charge >= 0.3 is 17.9 Å². The van der Waals surface area contributed by atoms with Crippen LogP contribution in [0.1, 0.15) is 60.3 Å². The Morgan fingerprint density at radius 2 is 1.23 bits per heavy atom. The van der Waals surface area contributed by atoms with E-state index in [2.05, 4.69) is 5.32 Å². The Bertz CT molecular complexity index is 1350. The van der Waals surface area contributed by atoms with Crippen molar-refractivity contribution >= 4 is 58.6 Å². The molecule has 2 aliphatic carbocycles. The van der Waals surface area contributed by atoms with Crippen LogP contribution in [-0.2, 0) is 76.0 Å². The number of methoxy groups -OCH3 is 3. The Morgan fingerprint density at radius 1 is 0.731 bits per heavy atom. The van der Waals surface area contributed by atoms with Gasteiger partial charge in [-0.05, 0) is 26.7 Å². The molecule has 13 atom stereocenters. The molecule has 52 heavy (non-hydrogen) atoms. The van der Waals surface area contributed by atoms with Gasteiger partial charge in [-0.15, -0.1) is 0 Å². The fourth-order valence-corrected chi connectivity index (χ4v) is 7.93. The van der Waals surface area contributed by atoms with Crippen LogP contribution in [0.5, 0.6) is 0 Å². The number of halogens is 3. The molecule has 2 saturated carbocycles. The maximum Gasteiger partial charge on any atom is 0.303 e. The Morgan fingerprint density at radius 3 is 1.71 bits per heavy atom. The van der Waals surface area contributed by atoms with Gasteiger partial charge in [0.2, 0.25) is 11.6 Å². The van der Waals surface area contributed by atoms with Crippen LogP contribution in [0.15, 0.2) is 0 Å². The monoisotopic (exact) mass is 805 g/mol. The number of hydrogen-bond donors (Lipinski definition) is 1. The van der Waals surface area contributed by atoms with E-state index in [1.807, 2.05) is 0 Å². The number of fused-ring (bicyclic) bond motifs is 3. The van der Waals surface area contributed by atoms with Crippen LogP contribution in [0, 0.1) is 0 Å². The summed E-state index contributed by atoms with van der Waals surface area (Å²) in [5.41, 5.74) is 0. The molecule has 0 bridgehead atoms. The highest BCUT2D eigenvalue weighted by Gasteiger charge is 2.71. The maximum absolute atomic E-state index is 13.2. The molecule has 0 unspecified atom stereocenters. The average Bonchev–Trinajstić information content (AvgIpc) is 3.38. The van der Waals surface area contributed by atoms with E-state index in [0.29, 0.717) is 12.8 Å². The van der Waals surface area contributed by atoms with Crippen molar-refractivity contribution in [3.63, 3.8) is 0 Å².